The molecular formula is C25H24ClFN2O4. The number of pyridine rings is 1. The molecule has 1 saturated heterocycles. The Morgan fingerprint density at radius 1 is 1.21 bits per heavy atom. The largest absolute Gasteiger partial charge is 0.481 e. The number of benzene rings is 2. The summed E-state index contributed by atoms with van der Waals surface area (Å²) in [5.41, 5.74) is 1.19. The summed E-state index contributed by atoms with van der Waals surface area (Å²) in [6.45, 7) is 3.99. The number of piperidine rings is 1. The van der Waals surface area contributed by atoms with Crippen LogP contribution in [0.3, 0.4) is 0 Å². The maximum atomic E-state index is 13.5. The molecule has 0 radical (unpaired) electrons. The maximum absolute atomic E-state index is 13.5. The molecule has 3 aromatic rings. The summed E-state index contributed by atoms with van der Waals surface area (Å²) in [5, 5.41) is 10.6. The molecule has 8 heteroatoms. The van der Waals surface area contributed by atoms with Crippen molar-refractivity contribution in [3.05, 3.63) is 59.5 Å². The van der Waals surface area contributed by atoms with Crippen LogP contribution in [0.1, 0.15) is 26.7 Å². The summed E-state index contributed by atoms with van der Waals surface area (Å²) in [7, 11) is 0. The molecule has 1 amide bonds. The minimum absolute atomic E-state index is 0.163. The Hall–Kier alpha value is -3.19. The average Bonchev–Trinajstić information content (AvgIpc) is 2.78. The zero-order valence-electron chi connectivity index (χ0n) is 18.3. The van der Waals surface area contributed by atoms with E-state index in [1.165, 1.54) is 12.1 Å². The first-order valence-electron chi connectivity index (χ1n) is 10.7. The third kappa shape index (κ3) is 4.64. The first-order chi connectivity index (χ1) is 15.7. The lowest BCUT2D eigenvalue weighted by molar-refractivity contribution is -0.155. The zero-order chi connectivity index (χ0) is 23.8. The first kappa shape index (κ1) is 23.0. The van der Waals surface area contributed by atoms with Crippen LogP contribution in [-0.2, 0) is 9.59 Å². The summed E-state index contributed by atoms with van der Waals surface area (Å²) < 4.78 is 19.4. The fourth-order valence-corrected chi connectivity index (χ4v) is 4.53. The van der Waals surface area contributed by atoms with Gasteiger partial charge in [0.25, 0.3) is 5.91 Å². The van der Waals surface area contributed by atoms with Crippen molar-refractivity contribution in [2.75, 3.05) is 13.1 Å². The Kier molecular flexibility index (Phi) is 6.26. The van der Waals surface area contributed by atoms with Crippen LogP contribution >= 0.6 is 11.6 Å². The predicted molar refractivity (Wildman–Crippen MR) is 124 cm³/mol. The van der Waals surface area contributed by atoms with E-state index in [1.54, 1.807) is 43.1 Å². The maximum Gasteiger partial charge on any atom is 0.311 e. The molecule has 0 bridgehead atoms. The number of carbonyl (C=O) groups excluding carboxylic acids is 1. The van der Waals surface area contributed by atoms with E-state index in [2.05, 4.69) is 4.98 Å². The van der Waals surface area contributed by atoms with Gasteiger partial charge in [0.1, 0.15) is 11.6 Å². The van der Waals surface area contributed by atoms with Crippen molar-refractivity contribution in [3.8, 4) is 16.9 Å². The monoisotopic (exact) mass is 470 g/mol. The number of hydrogen-bond donors (Lipinski definition) is 1. The number of aliphatic carboxylic acids is 1. The van der Waals surface area contributed by atoms with Crippen molar-refractivity contribution < 1.29 is 23.8 Å². The first-order valence-corrected chi connectivity index (χ1v) is 11.1. The van der Waals surface area contributed by atoms with Gasteiger partial charge < -0.3 is 14.7 Å². The highest BCUT2D eigenvalue weighted by molar-refractivity contribution is 6.33. The van der Waals surface area contributed by atoms with Crippen LogP contribution in [0.2, 0.25) is 5.02 Å². The van der Waals surface area contributed by atoms with Crippen molar-refractivity contribution in [2.45, 2.75) is 32.8 Å². The fourth-order valence-electron chi connectivity index (χ4n) is 4.26. The van der Waals surface area contributed by atoms with Crippen LogP contribution in [0, 0.1) is 11.2 Å². The Bertz CT molecular complexity index is 1230. The van der Waals surface area contributed by atoms with Crippen molar-refractivity contribution in [2.24, 2.45) is 5.41 Å². The molecule has 33 heavy (non-hydrogen) atoms. The number of ether oxygens (including phenoxy) is 1. The Balaban J connectivity index is 1.55. The molecule has 0 spiro atoms. The molecule has 1 aliphatic rings. The smallest absolute Gasteiger partial charge is 0.311 e. The van der Waals surface area contributed by atoms with Crippen molar-refractivity contribution in [3.63, 3.8) is 0 Å². The number of amides is 1. The molecule has 1 N–H and O–H groups in total. The molecule has 0 saturated carbocycles. The number of likely N-dealkylation sites (tertiary alicyclic amines) is 1. The minimum atomic E-state index is -0.946. The molecular weight excluding hydrogens is 447 g/mol. The summed E-state index contributed by atoms with van der Waals surface area (Å²) in [6, 6.07) is 11.4. The van der Waals surface area contributed by atoms with E-state index in [9.17, 15) is 19.1 Å². The molecule has 1 aromatic heterocycles. The molecule has 4 rings (SSSR count). The fraction of sp³-hybridized carbons (Fsp3) is 0.320. The molecule has 2 atom stereocenters. The van der Waals surface area contributed by atoms with Crippen LogP contribution in [0.25, 0.3) is 22.0 Å². The number of carboxylic acids is 1. The van der Waals surface area contributed by atoms with Gasteiger partial charge in [-0.15, -0.1) is 0 Å². The average molecular weight is 471 g/mol. The van der Waals surface area contributed by atoms with Gasteiger partial charge in [0.05, 0.1) is 16.0 Å². The van der Waals surface area contributed by atoms with Gasteiger partial charge in [-0.3, -0.25) is 14.6 Å². The van der Waals surface area contributed by atoms with Crippen LogP contribution in [0.4, 0.5) is 4.39 Å². The van der Waals surface area contributed by atoms with E-state index >= 15 is 0 Å². The zero-order valence-corrected chi connectivity index (χ0v) is 19.1. The van der Waals surface area contributed by atoms with Gasteiger partial charge in [-0.2, -0.15) is 0 Å². The van der Waals surface area contributed by atoms with Gasteiger partial charge in [-0.1, -0.05) is 11.6 Å². The van der Waals surface area contributed by atoms with Crippen LogP contribution in [-0.4, -0.2) is 46.1 Å². The third-order valence-electron chi connectivity index (χ3n) is 6.12. The highest BCUT2D eigenvalue weighted by Crippen LogP contribution is 2.35. The lowest BCUT2D eigenvalue weighted by Crippen LogP contribution is -2.51. The molecule has 2 heterocycles. The summed E-state index contributed by atoms with van der Waals surface area (Å²) in [4.78, 5) is 30.5. The molecule has 0 unspecified atom stereocenters. The number of carbonyl (C=O) groups is 2. The standard InChI is InChI=1S/C25H24ClFN2O4/c1-15(23(30)29-11-3-9-25(2,14-29)24(31)32)33-17-5-7-20-18(8-10-28-22(20)13-17)19-6-4-16(27)12-21(19)26/h4-8,10,12-13,15H,3,9,11,14H2,1-2H3,(H,31,32)/t15-,25+/m1/s1. The Morgan fingerprint density at radius 3 is 2.73 bits per heavy atom. The number of aromatic nitrogens is 1. The summed E-state index contributed by atoms with van der Waals surface area (Å²) in [6.07, 6.45) is 2.03. The minimum Gasteiger partial charge on any atom is -0.481 e. The SMILES string of the molecule is C[C@@H](Oc1ccc2c(-c3ccc(F)cc3Cl)ccnc2c1)C(=O)N1CCC[C@](C)(C(=O)O)C1. The van der Waals surface area contributed by atoms with E-state index < -0.39 is 23.3 Å². The lowest BCUT2D eigenvalue weighted by atomic mass is 9.82. The van der Waals surface area contributed by atoms with Crippen LogP contribution < -0.4 is 4.74 Å². The number of carboxylic acid groups (broad SMARTS) is 1. The molecule has 6 nitrogen and oxygen atoms in total. The topological polar surface area (TPSA) is 79.7 Å². The second-order valence-electron chi connectivity index (χ2n) is 8.65. The quantitative estimate of drug-likeness (QED) is 0.556. The third-order valence-corrected chi connectivity index (χ3v) is 6.43. The lowest BCUT2D eigenvalue weighted by Gasteiger charge is -2.38. The van der Waals surface area contributed by atoms with Gasteiger partial charge in [-0.05, 0) is 68.7 Å². The molecule has 1 fully saturated rings. The predicted octanol–water partition coefficient (Wildman–Crippen LogP) is 5.17. The Labute approximate surface area is 195 Å². The van der Waals surface area contributed by atoms with Crippen LogP contribution in [0.5, 0.6) is 5.75 Å². The number of hydrogen-bond acceptors (Lipinski definition) is 4. The number of halogens is 2. The van der Waals surface area contributed by atoms with Gasteiger partial charge >= 0.3 is 5.97 Å². The van der Waals surface area contributed by atoms with E-state index in [0.717, 1.165) is 10.9 Å². The van der Waals surface area contributed by atoms with Gasteiger partial charge in [0.15, 0.2) is 6.10 Å². The summed E-state index contributed by atoms with van der Waals surface area (Å²) in [5.74, 6) is -1.08. The molecule has 172 valence electrons. The van der Waals surface area contributed by atoms with Gasteiger partial charge in [0, 0.05) is 36.3 Å². The highest BCUT2D eigenvalue weighted by atomic mass is 35.5. The Morgan fingerprint density at radius 2 is 2.00 bits per heavy atom. The molecule has 0 aliphatic carbocycles. The van der Waals surface area contributed by atoms with Crippen molar-refractivity contribution >= 4 is 34.4 Å². The van der Waals surface area contributed by atoms with Gasteiger partial charge in [-0.25, -0.2) is 4.39 Å². The van der Waals surface area contributed by atoms with E-state index in [1.807, 2.05) is 12.1 Å². The van der Waals surface area contributed by atoms with Gasteiger partial charge in [0.2, 0.25) is 0 Å². The molecule has 1 aliphatic heterocycles. The highest BCUT2D eigenvalue weighted by Gasteiger charge is 2.40. The number of nitrogens with zero attached hydrogens (tertiary/aromatic N) is 2. The second kappa shape index (κ2) is 8.98. The number of rotatable bonds is 5. The van der Waals surface area contributed by atoms with Crippen LogP contribution in [0.15, 0.2) is 48.7 Å². The van der Waals surface area contributed by atoms with E-state index in [4.69, 9.17) is 16.3 Å². The second-order valence-corrected chi connectivity index (χ2v) is 9.06. The van der Waals surface area contributed by atoms with E-state index in [0.29, 0.717) is 41.2 Å². The van der Waals surface area contributed by atoms with Crippen molar-refractivity contribution in [1.82, 2.24) is 9.88 Å². The van der Waals surface area contributed by atoms with Crippen molar-refractivity contribution in [1.29, 1.82) is 0 Å². The normalized spacial score (nSPS) is 19.3. The molecule has 2 aromatic carbocycles. The number of fused-ring (bicyclic) bond motifs is 1. The van der Waals surface area contributed by atoms with E-state index in [-0.39, 0.29) is 12.5 Å². The summed E-state index contributed by atoms with van der Waals surface area (Å²) >= 11 is 6.25.